The highest BCUT2D eigenvalue weighted by molar-refractivity contribution is 5.64. The average Bonchev–Trinajstić information content (AvgIpc) is 2.40. The summed E-state index contributed by atoms with van der Waals surface area (Å²) in [5.74, 6) is 3.10. The van der Waals surface area contributed by atoms with Crippen LogP contribution >= 0.6 is 0 Å². The monoisotopic (exact) mass is 258 g/mol. The van der Waals surface area contributed by atoms with Gasteiger partial charge < -0.3 is 9.47 Å². The van der Waals surface area contributed by atoms with Gasteiger partial charge in [0.15, 0.2) is 0 Å². The number of hydrogen-bond acceptors (Lipinski definition) is 3. The van der Waals surface area contributed by atoms with Crippen LogP contribution in [0.15, 0.2) is 30.3 Å². The van der Waals surface area contributed by atoms with Crippen molar-refractivity contribution in [2.75, 3.05) is 0 Å². The second kappa shape index (κ2) is 6.29. The number of terminal acetylenes is 1. The lowest BCUT2D eigenvalue weighted by molar-refractivity contribution is -0.0341. The Balaban J connectivity index is 1.97. The van der Waals surface area contributed by atoms with Crippen molar-refractivity contribution in [3.05, 3.63) is 30.3 Å². The molecule has 2 rings (SSSR count). The summed E-state index contributed by atoms with van der Waals surface area (Å²) in [7, 11) is 0. The van der Waals surface area contributed by atoms with E-state index in [1.165, 1.54) is 6.42 Å². The Morgan fingerprint density at radius 2 is 1.89 bits per heavy atom. The first-order valence-electron chi connectivity index (χ1n) is 6.63. The molecule has 0 saturated heterocycles. The summed E-state index contributed by atoms with van der Waals surface area (Å²) in [6.45, 7) is 0. The van der Waals surface area contributed by atoms with Gasteiger partial charge in [0.1, 0.15) is 11.4 Å². The van der Waals surface area contributed by atoms with Crippen molar-refractivity contribution < 1.29 is 14.3 Å². The van der Waals surface area contributed by atoms with Gasteiger partial charge in [-0.2, -0.15) is 0 Å². The van der Waals surface area contributed by atoms with Crippen molar-refractivity contribution in [3.63, 3.8) is 0 Å². The van der Waals surface area contributed by atoms with Gasteiger partial charge in [0.25, 0.3) is 0 Å². The van der Waals surface area contributed by atoms with Crippen LogP contribution in [-0.2, 0) is 4.74 Å². The molecule has 0 aromatic heterocycles. The third kappa shape index (κ3) is 3.75. The molecule has 0 N–H and O–H groups in total. The Morgan fingerprint density at radius 3 is 2.53 bits per heavy atom. The number of carbonyl (C=O) groups excluding carboxylic acids is 1. The number of hydrogen-bond donors (Lipinski definition) is 0. The smallest absolute Gasteiger partial charge is 0.426 e. The molecule has 3 heteroatoms. The van der Waals surface area contributed by atoms with Crippen molar-refractivity contribution in [2.24, 2.45) is 0 Å². The van der Waals surface area contributed by atoms with E-state index in [1.807, 2.05) is 6.07 Å². The third-order valence-electron chi connectivity index (χ3n) is 3.43. The highest BCUT2D eigenvalue weighted by Gasteiger charge is 2.36. The van der Waals surface area contributed by atoms with Crippen molar-refractivity contribution in [1.82, 2.24) is 0 Å². The van der Waals surface area contributed by atoms with E-state index in [9.17, 15) is 4.79 Å². The molecule has 0 amide bonds. The summed E-state index contributed by atoms with van der Waals surface area (Å²) in [4.78, 5) is 11.8. The third-order valence-corrected chi connectivity index (χ3v) is 3.43. The summed E-state index contributed by atoms with van der Waals surface area (Å²) in [6.07, 6.45) is 10.1. The van der Waals surface area contributed by atoms with Crippen LogP contribution in [-0.4, -0.2) is 11.8 Å². The zero-order chi connectivity index (χ0) is 13.6. The lowest BCUT2D eigenvalue weighted by Crippen LogP contribution is -2.37. The Kier molecular flexibility index (Phi) is 4.46. The van der Waals surface area contributed by atoms with Crippen molar-refractivity contribution in [2.45, 2.75) is 44.1 Å². The first-order valence-corrected chi connectivity index (χ1v) is 6.63. The number of carbonyl (C=O) groups is 1. The maximum absolute atomic E-state index is 11.8. The molecule has 0 spiro atoms. The van der Waals surface area contributed by atoms with Gasteiger partial charge in [-0.05, 0) is 37.8 Å². The summed E-state index contributed by atoms with van der Waals surface area (Å²) < 4.78 is 10.7. The highest BCUT2D eigenvalue weighted by atomic mass is 16.7. The molecule has 0 heterocycles. The number of rotatable bonds is 3. The number of para-hydroxylation sites is 1. The SMILES string of the molecule is C#CCC1(OC(=O)Oc2ccccc2)CCCCC1. The minimum atomic E-state index is -0.664. The van der Waals surface area contributed by atoms with Crippen LogP contribution in [0.2, 0.25) is 0 Å². The van der Waals surface area contributed by atoms with Crippen molar-refractivity contribution >= 4 is 6.16 Å². The predicted octanol–water partition coefficient (Wildman–Crippen LogP) is 3.93. The Morgan fingerprint density at radius 1 is 1.21 bits per heavy atom. The Hall–Kier alpha value is -1.95. The van der Waals surface area contributed by atoms with Gasteiger partial charge in [-0.1, -0.05) is 24.6 Å². The zero-order valence-corrected chi connectivity index (χ0v) is 10.9. The van der Waals surface area contributed by atoms with E-state index in [-0.39, 0.29) is 0 Å². The summed E-state index contributed by atoms with van der Waals surface area (Å²) in [6, 6.07) is 8.91. The molecule has 0 aliphatic heterocycles. The maximum Gasteiger partial charge on any atom is 0.514 e. The molecule has 3 nitrogen and oxygen atoms in total. The standard InChI is InChI=1S/C16H18O3/c1-2-11-16(12-7-4-8-13-16)19-15(17)18-14-9-5-3-6-10-14/h1,3,5-6,9-10H,4,7-8,11-13H2. The van der Waals surface area contributed by atoms with Gasteiger partial charge in [0, 0.05) is 6.42 Å². The minimum Gasteiger partial charge on any atom is -0.426 e. The highest BCUT2D eigenvalue weighted by Crippen LogP contribution is 2.34. The molecule has 1 aliphatic carbocycles. The average molecular weight is 258 g/mol. The fraction of sp³-hybridized carbons (Fsp3) is 0.438. The summed E-state index contributed by atoms with van der Waals surface area (Å²) in [5, 5.41) is 0. The lowest BCUT2D eigenvalue weighted by Gasteiger charge is -2.34. The second-order valence-corrected chi connectivity index (χ2v) is 4.89. The van der Waals surface area contributed by atoms with Gasteiger partial charge in [-0.3, -0.25) is 0 Å². The first-order chi connectivity index (χ1) is 9.24. The predicted molar refractivity (Wildman–Crippen MR) is 72.8 cm³/mol. The van der Waals surface area contributed by atoms with E-state index in [0.29, 0.717) is 12.2 Å². The Bertz CT molecular complexity index is 453. The molecule has 1 saturated carbocycles. The van der Waals surface area contributed by atoms with E-state index in [0.717, 1.165) is 25.7 Å². The molecule has 1 aromatic carbocycles. The molecule has 1 aliphatic rings. The van der Waals surface area contributed by atoms with Crippen LogP contribution in [0.3, 0.4) is 0 Å². The molecule has 1 fully saturated rings. The van der Waals surface area contributed by atoms with Gasteiger partial charge in [-0.25, -0.2) is 4.79 Å². The minimum absolute atomic E-state index is 0.455. The Labute approximate surface area is 113 Å². The summed E-state index contributed by atoms with van der Waals surface area (Å²) >= 11 is 0. The molecule has 19 heavy (non-hydrogen) atoms. The van der Waals surface area contributed by atoms with E-state index >= 15 is 0 Å². The molecular formula is C16H18O3. The van der Waals surface area contributed by atoms with Gasteiger partial charge in [-0.15, -0.1) is 12.3 Å². The van der Waals surface area contributed by atoms with Gasteiger partial charge in [0.05, 0.1) is 0 Å². The molecular weight excluding hydrogens is 240 g/mol. The van der Waals surface area contributed by atoms with Crippen LogP contribution in [0.1, 0.15) is 38.5 Å². The molecule has 1 aromatic rings. The molecule has 0 bridgehead atoms. The van der Waals surface area contributed by atoms with Crippen LogP contribution in [0, 0.1) is 12.3 Å². The molecule has 100 valence electrons. The van der Waals surface area contributed by atoms with E-state index in [1.54, 1.807) is 24.3 Å². The van der Waals surface area contributed by atoms with E-state index in [4.69, 9.17) is 15.9 Å². The van der Waals surface area contributed by atoms with Gasteiger partial charge in [0.2, 0.25) is 0 Å². The molecule has 0 unspecified atom stereocenters. The van der Waals surface area contributed by atoms with E-state index in [2.05, 4.69) is 5.92 Å². The van der Waals surface area contributed by atoms with Crippen molar-refractivity contribution in [3.8, 4) is 18.1 Å². The largest absolute Gasteiger partial charge is 0.514 e. The maximum atomic E-state index is 11.8. The summed E-state index contributed by atoms with van der Waals surface area (Å²) in [5.41, 5.74) is -0.529. The fourth-order valence-electron chi connectivity index (χ4n) is 2.48. The van der Waals surface area contributed by atoms with Crippen LogP contribution in [0.5, 0.6) is 5.75 Å². The van der Waals surface area contributed by atoms with Gasteiger partial charge >= 0.3 is 6.16 Å². The van der Waals surface area contributed by atoms with Crippen molar-refractivity contribution in [1.29, 1.82) is 0 Å². The fourth-order valence-corrected chi connectivity index (χ4v) is 2.48. The number of benzene rings is 1. The van der Waals surface area contributed by atoms with Crippen LogP contribution in [0.4, 0.5) is 4.79 Å². The van der Waals surface area contributed by atoms with Crippen LogP contribution < -0.4 is 4.74 Å². The normalized spacial score (nSPS) is 17.2. The molecule has 0 atom stereocenters. The topological polar surface area (TPSA) is 35.5 Å². The number of ether oxygens (including phenoxy) is 2. The lowest BCUT2D eigenvalue weighted by atomic mass is 9.82. The first kappa shape index (κ1) is 13.5. The zero-order valence-electron chi connectivity index (χ0n) is 10.9. The van der Waals surface area contributed by atoms with Crippen LogP contribution in [0.25, 0.3) is 0 Å². The van der Waals surface area contributed by atoms with E-state index < -0.39 is 11.8 Å². The quantitative estimate of drug-likeness (QED) is 0.468. The molecule has 0 radical (unpaired) electrons. The second-order valence-electron chi connectivity index (χ2n) is 4.89.